The van der Waals surface area contributed by atoms with Crippen molar-refractivity contribution in [3.63, 3.8) is 0 Å². The normalized spacial score (nSPS) is 17.0. The summed E-state index contributed by atoms with van der Waals surface area (Å²) in [5.41, 5.74) is 0. The van der Waals surface area contributed by atoms with Gasteiger partial charge in [-0.2, -0.15) is 13.2 Å². The van der Waals surface area contributed by atoms with Crippen molar-refractivity contribution in [2.24, 2.45) is 0 Å². The molecule has 0 saturated carbocycles. The van der Waals surface area contributed by atoms with Crippen LogP contribution in [0.15, 0.2) is 0 Å². The SMILES string of the molecule is CP(=O)(O)CCC(NC(=O)C(F)(F)F)C(=O)O. The van der Waals surface area contributed by atoms with Gasteiger partial charge in [0.05, 0.1) is 0 Å². The number of carboxylic acids is 1. The molecule has 0 aliphatic heterocycles. The zero-order valence-corrected chi connectivity index (χ0v) is 9.59. The monoisotopic (exact) mass is 277 g/mol. The number of carbonyl (C=O) groups excluding carboxylic acids is 1. The molecule has 0 spiro atoms. The standard InChI is InChI=1S/C7H11F3NO5P/c1-17(15,16)3-2-4(5(12)13)11-6(14)7(8,9)10/h4H,2-3H2,1H3,(H,11,14)(H,12,13)(H,15,16). The molecular weight excluding hydrogens is 266 g/mol. The maximum absolute atomic E-state index is 11.8. The molecule has 1 amide bonds. The van der Waals surface area contributed by atoms with Crippen LogP contribution in [-0.2, 0) is 14.2 Å². The lowest BCUT2D eigenvalue weighted by molar-refractivity contribution is -0.175. The maximum atomic E-state index is 11.8. The summed E-state index contributed by atoms with van der Waals surface area (Å²) in [6.45, 7) is 0.942. The molecule has 0 aromatic heterocycles. The molecule has 0 aromatic rings. The van der Waals surface area contributed by atoms with E-state index in [-0.39, 0.29) is 0 Å². The van der Waals surface area contributed by atoms with Crippen LogP contribution in [0.5, 0.6) is 0 Å². The summed E-state index contributed by atoms with van der Waals surface area (Å²) in [5.74, 6) is -4.09. The molecule has 0 aliphatic carbocycles. The van der Waals surface area contributed by atoms with Crippen molar-refractivity contribution in [1.82, 2.24) is 5.32 Å². The summed E-state index contributed by atoms with van der Waals surface area (Å²) in [5, 5.41) is 9.76. The Morgan fingerprint density at radius 1 is 1.41 bits per heavy atom. The lowest BCUT2D eigenvalue weighted by Gasteiger charge is -2.16. The number of hydrogen-bond donors (Lipinski definition) is 3. The maximum Gasteiger partial charge on any atom is 0.471 e. The van der Waals surface area contributed by atoms with Gasteiger partial charge in [-0.05, 0) is 6.42 Å². The summed E-state index contributed by atoms with van der Waals surface area (Å²) in [7, 11) is -3.54. The van der Waals surface area contributed by atoms with Crippen LogP contribution in [0.4, 0.5) is 13.2 Å². The van der Waals surface area contributed by atoms with E-state index in [1.807, 2.05) is 0 Å². The van der Waals surface area contributed by atoms with Crippen molar-refractivity contribution >= 4 is 19.2 Å². The highest BCUT2D eigenvalue weighted by atomic mass is 31.2. The average molecular weight is 277 g/mol. The summed E-state index contributed by atoms with van der Waals surface area (Å²) in [4.78, 5) is 29.9. The highest BCUT2D eigenvalue weighted by Gasteiger charge is 2.40. The molecule has 6 nitrogen and oxygen atoms in total. The zero-order chi connectivity index (χ0) is 13.9. The minimum atomic E-state index is -5.19. The molecule has 0 aromatic carbocycles. The molecule has 0 radical (unpaired) electrons. The summed E-state index contributed by atoms with van der Waals surface area (Å²) in [6, 6.07) is -1.84. The van der Waals surface area contributed by atoms with Gasteiger partial charge >= 0.3 is 18.1 Å². The molecule has 100 valence electrons. The first-order valence-electron chi connectivity index (χ1n) is 4.33. The largest absolute Gasteiger partial charge is 0.480 e. The Balaban J connectivity index is 4.52. The predicted molar refractivity (Wildman–Crippen MR) is 50.9 cm³/mol. The van der Waals surface area contributed by atoms with Crippen LogP contribution in [0.3, 0.4) is 0 Å². The number of carboxylic acid groups (broad SMARTS) is 1. The van der Waals surface area contributed by atoms with Crippen molar-refractivity contribution in [2.75, 3.05) is 12.8 Å². The molecule has 0 saturated heterocycles. The number of nitrogens with one attached hydrogen (secondary N) is 1. The number of aliphatic carboxylic acids is 1. The molecule has 10 heteroatoms. The number of hydrogen-bond acceptors (Lipinski definition) is 3. The van der Waals surface area contributed by atoms with Crippen LogP contribution >= 0.6 is 7.37 Å². The van der Waals surface area contributed by atoms with E-state index in [0.717, 1.165) is 6.66 Å². The first kappa shape index (κ1) is 15.9. The van der Waals surface area contributed by atoms with Gasteiger partial charge < -0.3 is 15.3 Å². The van der Waals surface area contributed by atoms with E-state index in [4.69, 9.17) is 10.00 Å². The number of carbonyl (C=O) groups is 2. The van der Waals surface area contributed by atoms with Gasteiger partial charge in [-0.25, -0.2) is 4.79 Å². The smallest absolute Gasteiger partial charge is 0.471 e. The molecule has 0 rings (SSSR count). The van der Waals surface area contributed by atoms with Gasteiger partial charge in [0, 0.05) is 12.8 Å². The fourth-order valence-electron chi connectivity index (χ4n) is 0.866. The molecule has 0 fully saturated rings. The van der Waals surface area contributed by atoms with Crippen LogP contribution in [0.25, 0.3) is 0 Å². The van der Waals surface area contributed by atoms with Crippen molar-refractivity contribution in [1.29, 1.82) is 0 Å². The Morgan fingerprint density at radius 2 is 1.88 bits per heavy atom. The highest BCUT2D eigenvalue weighted by molar-refractivity contribution is 7.57. The molecule has 3 N–H and O–H groups in total. The third-order valence-electron chi connectivity index (χ3n) is 1.69. The van der Waals surface area contributed by atoms with E-state index in [0.29, 0.717) is 0 Å². The van der Waals surface area contributed by atoms with Crippen LogP contribution in [-0.4, -0.2) is 46.9 Å². The lowest BCUT2D eigenvalue weighted by atomic mass is 10.2. The Bertz CT molecular complexity index is 350. The second kappa shape index (κ2) is 5.50. The molecular formula is C7H11F3NO5P. The van der Waals surface area contributed by atoms with Crippen LogP contribution in [0.1, 0.15) is 6.42 Å². The minimum Gasteiger partial charge on any atom is -0.480 e. The Kier molecular flexibility index (Phi) is 5.15. The van der Waals surface area contributed by atoms with E-state index in [2.05, 4.69) is 0 Å². The molecule has 2 atom stereocenters. The number of halogens is 3. The van der Waals surface area contributed by atoms with Crippen LogP contribution < -0.4 is 5.32 Å². The van der Waals surface area contributed by atoms with E-state index in [1.165, 1.54) is 5.32 Å². The van der Waals surface area contributed by atoms with Crippen molar-refractivity contribution in [3.05, 3.63) is 0 Å². The quantitative estimate of drug-likeness (QED) is 0.631. The van der Waals surface area contributed by atoms with Crippen molar-refractivity contribution in [2.45, 2.75) is 18.6 Å². The van der Waals surface area contributed by atoms with E-state index in [1.54, 1.807) is 0 Å². The second-order valence-electron chi connectivity index (χ2n) is 3.43. The van der Waals surface area contributed by atoms with Gasteiger partial charge in [0.1, 0.15) is 6.04 Å². The average Bonchev–Trinajstić information content (AvgIpc) is 2.07. The Morgan fingerprint density at radius 3 is 2.18 bits per heavy atom. The molecule has 0 aliphatic rings. The third kappa shape index (κ3) is 6.96. The topological polar surface area (TPSA) is 104 Å². The van der Waals surface area contributed by atoms with Gasteiger partial charge in [-0.3, -0.25) is 9.36 Å². The van der Waals surface area contributed by atoms with Gasteiger partial charge in [0.15, 0.2) is 7.37 Å². The first-order valence-corrected chi connectivity index (χ1v) is 6.62. The molecule has 2 unspecified atom stereocenters. The van der Waals surface area contributed by atoms with Gasteiger partial charge in [0.25, 0.3) is 0 Å². The number of amides is 1. The summed E-state index contributed by atoms with van der Waals surface area (Å²) in [6.07, 6.45) is -6.24. The van der Waals surface area contributed by atoms with Gasteiger partial charge in [-0.15, -0.1) is 0 Å². The number of alkyl halides is 3. The van der Waals surface area contributed by atoms with E-state index in [9.17, 15) is 27.3 Å². The molecule has 17 heavy (non-hydrogen) atoms. The molecule has 0 heterocycles. The van der Waals surface area contributed by atoms with E-state index < -0.39 is 44.0 Å². The summed E-state index contributed by atoms with van der Waals surface area (Å²) < 4.78 is 46.4. The first-order chi connectivity index (χ1) is 7.43. The van der Waals surface area contributed by atoms with Gasteiger partial charge in [0.2, 0.25) is 0 Å². The van der Waals surface area contributed by atoms with Gasteiger partial charge in [-0.1, -0.05) is 0 Å². The second-order valence-corrected chi connectivity index (χ2v) is 5.97. The third-order valence-corrected chi connectivity index (χ3v) is 2.78. The fourth-order valence-corrected chi connectivity index (χ4v) is 1.60. The Labute approximate surface area is 94.3 Å². The highest BCUT2D eigenvalue weighted by Crippen LogP contribution is 2.36. The van der Waals surface area contributed by atoms with Crippen molar-refractivity contribution < 1.29 is 37.3 Å². The number of rotatable bonds is 5. The molecule has 0 bridgehead atoms. The van der Waals surface area contributed by atoms with Crippen molar-refractivity contribution in [3.8, 4) is 0 Å². The Hall–Kier alpha value is -1.08. The summed E-state index contributed by atoms with van der Waals surface area (Å²) >= 11 is 0. The van der Waals surface area contributed by atoms with E-state index >= 15 is 0 Å². The fraction of sp³-hybridized carbons (Fsp3) is 0.714. The van der Waals surface area contributed by atoms with Crippen LogP contribution in [0, 0.1) is 0 Å². The predicted octanol–water partition coefficient (Wildman–Crippen LogP) is 0.408. The minimum absolute atomic E-state index is 0.498. The lowest BCUT2D eigenvalue weighted by Crippen LogP contribution is -2.47. The zero-order valence-electron chi connectivity index (χ0n) is 8.69. The van der Waals surface area contributed by atoms with Crippen LogP contribution in [0.2, 0.25) is 0 Å².